The molecular weight excluding hydrogens is 375 g/mol. The number of hydrogen-bond acceptors (Lipinski definition) is 6. The van der Waals surface area contributed by atoms with Crippen LogP contribution in [0.2, 0.25) is 0 Å². The Balaban J connectivity index is 0.00000227. The average molecular weight is 403 g/mol. The van der Waals surface area contributed by atoms with Crippen LogP contribution in [0.4, 0.5) is 13.2 Å². The minimum Gasteiger partial charge on any atom is -0.351 e. The van der Waals surface area contributed by atoms with Crippen LogP contribution in [0.25, 0.3) is 0 Å². The summed E-state index contributed by atoms with van der Waals surface area (Å²) in [5.41, 5.74) is -0.375. The lowest BCUT2D eigenvalue weighted by molar-refractivity contribution is -0.159. The number of hydrogen-bond donors (Lipinski definition) is 2. The Bertz CT molecular complexity index is 664. The number of aromatic nitrogens is 2. The van der Waals surface area contributed by atoms with E-state index in [0.29, 0.717) is 13.1 Å². The zero-order valence-corrected chi connectivity index (χ0v) is 16.7. The number of amides is 1. The molecule has 0 unspecified atom stereocenters. The van der Waals surface area contributed by atoms with E-state index in [0.717, 1.165) is 19.2 Å². The van der Waals surface area contributed by atoms with Gasteiger partial charge >= 0.3 is 12.1 Å². The van der Waals surface area contributed by atoms with E-state index in [1.165, 1.54) is 12.5 Å². The molecule has 0 bridgehead atoms. The van der Waals surface area contributed by atoms with Gasteiger partial charge in [0.15, 0.2) is 0 Å². The summed E-state index contributed by atoms with van der Waals surface area (Å²) in [6.45, 7) is 14.7. The average Bonchev–Trinajstić information content (AvgIpc) is 3.14. The van der Waals surface area contributed by atoms with Crippen molar-refractivity contribution in [1.82, 2.24) is 20.4 Å². The zero-order valence-electron chi connectivity index (χ0n) is 16.7. The number of likely N-dealkylation sites (N-methyl/N-ethyl adjacent to an activating group) is 1. The summed E-state index contributed by atoms with van der Waals surface area (Å²) in [4.78, 5) is 17.0. The van der Waals surface area contributed by atoms with Crippen LogP contribution in [0, 0.1) is 5.41 Å². The standard InChI is InChI=1S/C15H20F3N5O2.C3H8/c1-4-23(5-2)9-8-20-13(24)10(3)6-7-11(19)12-21-14(25-22-12)15(16,17)18;1-3-2/h6-7,19H,3-5,8-9H2,1-2H3,(H,20,24);3H2,1-2H3/b7-6-,19-11?;. The number of carbonyl (C=O) groups excluding carboxylic acids is 1. The summed E-state index contributed by atoms with van der Waals surface area (Å²) in [6, 6.07) is 0. The molecule has 7 nitrogen and oxygen atoms in total. The highest BCUT2D eigenvalue weighted by molar-refractivity contribution is 6.05. The monoisotopic (exact) mass is 403 g/mol. The molecule has 0 aromatic carbocycles. The molecule has 2 N–H and O–H groups in total. The maximum atomic E-state index is 12.4. The van der Waals surface area contributed by atoms with E-state index in [1.54, 1.807) is 0 Å². The van der Waals surface area contributed by atoms with Crippen molar-refractivity contribution in [2.45, 2.75) is 40.3 Å². The van der Waals surface area contributed by atoms with Crippen molar-refractivity contribution >= 4 is 11.6 Å². The third kappa shape index (κ3) is 9.45. The first-order valence-corrected chi connectivity index (χ1v) is 8.97. The van der Waals surface area contributed by atoms with Crippen LogP contribution in [-0.2, 0) is 11.0 Å². The van der Waals surface area contributed by atoms with Gasteiger partial charge in [0.1, 0.15) is 5.71 Å². The van der Waals surface area contributed by atoms with Gasteiger partial charge in [0, 0.05) is 18.7 Å². The van der Waals surface area contributed by atoms with E-state index in [1.807, 2.05) is 13.8 Å². The smallest absolute Gasteiger partial charge is 0.351 e. The topological polar surface area (TPSA) is 95.1 Å². The summed E-state index contributed by atoms with van der Waals surface area (Å²) in [6.07, 6.45) is -1.24. The highest BCUT2D eigenvalue weighted by atomic mass is 19.4. The van der Waals surface area contributed by atoms with Gasteiger partial charge in [-0.25, -0.2) is 0 Å². The molecule has 0 saturated carbocycles. The van der Waals surface area contributed by atoms with Gasteiger partial charge < -0.3 is 14.7 Å². The second-order valence-corrected chi connectivity index (χ2v) is 5.68. The Morgan fingerprint density at radius 2 is 1.82 bits per heavy atom. The molecule has 1 rings (SSSR count). The number of carbonyl (C=O) groups is 1. The fourth-order valence-electron chi connectivity index (χ4n) is 1.76. The predicted octanol–water partition coefficient (Wildman–Crippen LogP) is 3.44. The normalized spacial score (nSPS) is 11.3. The number of rotatable bonds is 9. The molecule has 0 aliphatic rings. The third-order valence-corrected chi connectivity index (χ3v) is 3.26. The minimum absolute atomic E-state index is 0.0591. The first-order valence-electron chi connectivity index (χ1n) is 8.97. The lowest BCUT2D eigenvalue weighted by Gasteiger charge is -2.17. The van der Waals surface area contributed by atoms with Gasteiger partial charge in [-0.05, 0) is 25.2 Å². The van der Waals surface area contributed by atoms with Crippen molar-refractivity contribution in [3.63, 3.8) is 0 Å². The molecular formula is C18H28F3N5O2. The second kappa shape index (κ2) is 12.8. The molecule has 0 aliphatic carbocycles. The van der Waals surface area contributed by atoms with Gasteiger partial charge in [-0.2, -0.15) is 18.2 Å². The van der Waals surface area contributed by atoms with Gasteiger partial charge in [-0.3, -0.25) is 10.2 Å². The van der Waals surface area contributed by atoms with Crippen LogP contribution in [0.15, 0.2) is 28.8 Å². The quantitative estimate of drug-likeness (QED) is 0.374. The van der Waals surface area contributed by atoms with Gasteiger partial charge in [0.05, 0.1) is 0 Å². The Kier molecular flexibility index (Phi) is 11.7. The predicted molar refractivity (Wildman–Crippen MR) is 101 cm³/mol. The van der Waals surface area contributed by atoms with E-state index < -0.39 is 29.5 Å². The number of halogens is 3. The van der Waals surface area contributed by atoms with Crippen LogP contribution in [0.1, 0.15) is 45.8 Å². The molecule has 1 aromatic heterocycles. The molecule has 10 heteroatoms. The Morgan fingerprint density at radius 1 is 1.25 bits per heavy atom. The van der Waals surface area contributed by atoms with Gasteiger partial charge in [-0.15, -0.1) is 0 Å². The number of nitrogens with zero attached hydrogens (tertiary/aromatic N) is 3. The lowest BCUT2D eigenvalue weighted by Crippen LogP contribution is -2.35. The summed E-state index contributed by atoms with van der Waals surface area (Å²) in [7, 11) is 0. The summed E-state index contributed by atoms with van der Waals surface area (Å²) in [5, 5.41) is 13.4. The molecule has 1 amide bonds. The van der Waals surface area contributed by atoms with Crippen molar-refractivity contribution in [2.24, 2.45) is 0 Å². The number of nitrogens with one attached hydrogen (secondary N) is 2. The summed E-state index contributed by atoms with van der Waals surface area (Å²) < 4.78 is 41.1. The maximum Gasteiger partial charge on any atom is 0.471 e. The third-order valence-electron chi connectivity index (χ3n) is 3.26. The fourth-order valence-corrected chi connectivity index (χ4v) is 1.76. The van der Waals surface area contributed by atoms with E-state index in [-0.39, 0.29) is 5.57 Å². The summed E-state index contributed by atoms with van der Waals surface area (Å²) >= 11 is 0. The lowest BCUT2D eigenvalue weighted by atomic mass is 10.2. The Morgan fingerprint density at radius 3 is 2.29 bits per heavy atom. The SMILES string of the molecule is C=C(/C=C\C(=N)c1noc(C(F)(F)F)n1)C(=O)NCCN(CC)CC.CCC. The molecule has 1 aromatic rings. The molecule has 158 valence electrons. The van der Waals surface area contributed by atoms with E-state index in [2.05, 4.69) is 45.3 Å². The van der Waals surface area contributed by atoms with Crippen molar-refractivity contribution in [3.05, 3.63) is 36.0 Å². The molecule has 0 saturated heterocycles. The van der Waals surface area contributed by atoms with Crippen LogP contribution < -0.4 is 5.32 Å². The van der Waals surface area contributed by atoms with E-state index in [4.69, 9.17) is 5.41 Å². The van der Waals surface area contributed by atoms with Gasteiger partial charge in [0.25, 0.3) is 5.91 Å². The highest BCUT2D eigenvalue weighted by Crippen LogP contribution is 2.27. The van der Waals surface area contributed by atoms with Crippen molar-refractivity contribution in [1.29, 1.82) is 5.41 Å². The van der Waals surface area contributed by atoms with E-state index >= 15 is 0 Å². The molecule has 0 radical (unpaired) electrons. The highest BCUT2D eigenvalue weighted by Gasteiger charge is 2.38. The minimum atomic E-state index is -4.77. The largest absolute Gasteiger partial charge is 0.471 e. The molecule has 0 aliphatic heterocycles. The van der Waals surface area contributed by atoms with Crippen LogP contribution in [0.5, 0.6) is 0 Å². The fraction of sp³-hybridized carbons (Fsp3) is 0.556. The van der Waals surface area contributed by atoms with Crippen molar-refractivity contribution in [2.75, 3.05) is 26.2 Å². The molecule has 0 atom stereocenters. The molecule has 1 heterocycles. The number of alkyl halides is 3. The maximum absolute atomic E-state index is 12.4. The Labute approximate surface area is 163 Å². The Hall–Kier alpha value is -2.49. The first kappa shape index (κ1) is 25.5. The first-order chi connectivity index (χ1) is 13.1. The van der Waals surface area contributed by atoms with Crippen molar-refractivity contribution < 1.29 is 22.5 Å². The van der Waals surface area contributed by atoms with Gasteiger partial charge in [0.2, 0.25) is 5.82 Å². The van der Waals surface area contributed by atoms with Crippen LogP contribution in [-0.4, -0.2) is 52.8 Å². The zero-order chi connectivity index (χ0) is 21.7. The second-order valence-electron chi connectivity index (χ2n) is 5.68. The van der Waals surface area contributed by atoms with Crippen LogP contribution in [0.3, 0.4) is 0 Å². The van der Waals surface area contributed by atoms with E-state index in [9.17, 15) is 18.0 Å². The number of allylic oxidation sites excluding steroid dienone is 1. The molecule has 0 fully saturated rings. The molecule has 28 heavy (non-hydrogen) atoms. The summed E-state index contributed by atoms with van der Waals surface area (Å²) in [5.74, 6) is -2.49. The van der Waals surface area contributed by atoms with Gasteiger partial charge in [-0.1, -0.05) is 45.9 Å². The molecule has 0 spiro atoms. The van der Waals surface area contributed by atoms with Crippen molar-refractivity contribution in [3.8, 4) is 0 Å². The van der Waals surface area contributed by atoms with Crippen LogP contribution >= 0.6 is 0 Å².